The molecule has 3 fully saturated rings. The molecule has 0 spiro atoms. The minimum Gasteiger partial charge on any atom is -0.322 e. The molecule has 5 nitrogen and oxygen atoms in total. The highest BCUT2D eigenvalue weighted by Crippen LogP contribution is 2.65. The SMILES string of the molecule is Cc1cc(Br)c(Cl)cc1NC(=O)c1cccc(N2C(=O)[C@@H]3[C@H]4C=C[C@H]([C@H]5C[C@H]45)[C@@H]3C2=O)c1. The van der Waals surface area contributed by atoms with Crippen LogP contribution in [0.2, 0.25) is 5.02 Å². The van der Waals surface area contributed by atoms with Crippen LogP contribution in [0.5, 0.6) is 0 Å². The Kier molecular flexibility index (Phi) is 4.43. The number of nitrogens with one attached hydrogen (secondary N) is 1. The number of nitrogens with zero attached hydrogens (tertiary/aromatic N) is 1. The number of hydrogen-bond acceptors (Lipinski definition) is 3. The van der Waals surface area contributed by atoms with Gasteiger partial charge in [-0.15, -0.1) is 0 Å². The Morgan fingerprint density at radius 3 is 2.38 bits per heavy atom. The first-order valence-electron chi connectivity index (χ1n) is 10.8. The van der Waals surface area contributed by atoms with Crippen molar-refractivity contribution in [3.05, 3.63) is 69.2 Å². The molecule has 5 aliphatic rings. The minimum atomic E-state index is -0.326. The van der Waals surface area contributed by atoms with Gasteiger partial charge < -0.3 is 5.32 Å². The van der Waals surface area contributed by atoms with E-state index in [4.69, 9.17) is 11.6 Å². The molecule has 2 saturated carbocycles. The van der Waals surface area contributed by atoms with Crippen LogP contribution in [0.1, 0.15) is 22.3 Å². The first kappa shape index (κ1) is 20.2. The van der Waals surface area contributed by atoms with Crippen LogP contribution in [-0.4, -0.2) is 17.7 Å². The third-order valence-corrected chi connectivity index (χ3v) is 8.74. The van der Waals surface area contributed by atoms with Crippen LogP contribution in [0.25, 0.3) is 0 Å². The van der Waals surface area contributed by atoms with Crippen molar-refractivity contribution in [2.24, 2.45) is 35.5 Å². The van der Waals surface area contributed by atoms with Gasteiger partial charge in [-0.3, -0.25) is 14.4 Å². The molecule has 1 saturated heterocycles. The lowest BCUT2D eigenvalue weighted by atomic mass is 9.63. The van der Waals surface area contributed by atoms with Gasteiger partial charge in [-0.2, -0.15) is 0 Å². The van der Waals surface area contributed by atoms with Crippen LogP contribution in [-0.2, 0) is 9.59 Å². The molecule has 1 aliphatic heterocycles. The summed E-state index contributed by atoms with van der Waals surface area (Å²) in [6.07, 6.45) is 5.44. The van der Waals surface area contributed by atoms with Crippen LogP contribution in [0, 0.1) is 42.4 Å². The molecule has 1 heterocycles. The molecule has 1 N–H and O–H groups in total. The molecule has 0 radical (unpaired) electrons. The van der Waals surface area contributed by atoms with E-state index < -0.39 is 0 Å². The zero-order valence-corrected chi connectivity index (χ0v) is 19.6. The number of imide groups is 1. The Balaban J connectivity index is 1.28. The number of hydrogen-bond donors (Lipinski definition) is 1. The summed E-state index contributed by atoms with van der Waals surface area (Å²) < 4.78 is 0.755. The van der Waals surface area contributed by atoms with E-state index in [0.29, 0.717) is 33.8 Å². The van der Waals surface area contributed by atoms with Crippen LogP contribution < -0.4 is 10.2 Å². The number of anilines is 2. The molecule has 162 valence electrons. The smallest absolute Gasteiger partial charge is 0.255 e. The van der Waals surface area contributed by atoms with Gasteiger partial charge in [0.25, 0.3) is 5.91 Å². The highest BCUT2D eigenvalue weighted by molar-refractivity contribution is 9.10. The third kappa shape index (κ3) is 2.85. The second-order valence-corrected chi connectivity index (χ2v) is 10.5. The van der Waals surface area contributed by atoms with Gasteiger partial charge in [0, 0.05) is 15.7 Å². The van der Waals surface area contributed by atoms with Gasteiger partial charge >= 0.3 is 0 Å². The van der Waals surface area contributed by atoms with Crippen LogP contribution in [0.3, 0.4) is 0 Å². The number of halogens is 2. The number of carbonyl (C=O) groups excluding carboxylic acids is 3. The maximum absolute atomic E-state index is 13.3. The highest BCUT2D eigenvalue weighted by Gasteiger charge is 2.67. The summed E-state index contributed by atoms with van der Waals surface area (Å²) in [4.78, 5) is 40.9. The summed E-state index contributed by atoms with van der Waals surface area (Å²) in [6.45, 7) is 1.88. The van der Waals surface area contributed by atoms with E-state index in [9.17, 15) is 14.4 Å². The molecule has 0 unspecified atom stereocenters. The van der Waals surface area contributed by atoms with Gasteiger partial charge in [0.05, 0.1) is 22.5 Å². The molecule has 2 aromatic rings. The number of benzene rings is 2. The second kappa shape index (κ2) is 7.03. The standard InChI is InChI=1S/C25H20BrClN2O3/c1-11-7-18(26)19(27)10-20(11)28-23(30)12-3-2-4-13(8-12)29-24(31)21-14-5-6-15(17-9-16(14)17)22(21)25(29)32/h2-8,10,14-17,21-22H,9H2,1H3,(H,28,30)/t14-,15+,16-,17-,21+,22-/m1/s1. The molecule has 3 amide bonds. The quantitative estimate of drug-likeness (QED) is 0.454. The van der Waals surface area contributed by atoms with Crippen LogP contribution in [0.4, 0.5) is 11.4 Å². The first-order chi connectivity index (χ1) is 15.3. The van der Waals surface area contributed by atoms with Crippen molar-refractivity contribution in [3.63, 3.8) is 0 Å². The van der Waals surface area contributed by atoms with E-state index in [1.165, 1.54) is 4.90 Å². The van der Waals surface area contributed by atoms with Crippen molar-refractivity contribution in [1.82, 2.24) is 0 Å². The summed E-state index contributed by atoms with van der Waals surface area (Å²) in [7, 11) is 0. The lowest BCUT2D eigenvalue weighted by Gasteiger charge is -2.37. The van der Waals surface area contributed by atoms with Crippen molar-refractivity contribution in [3.8, 4) is 0 Å². The lowest BCUT2D eigenvalue weighted by Crippen LogP contribution is -2.40. The zero-order valence-electron chi connectivity index (χ0n) is 17.2. The van der Waals surface area contributed by atoms with Gasteiger partial charge in [-0.1, -0.05) is 29.8 Å². The Morgan fingerprint density at radius 1 is 1.06 bits per heavy atom. The number of amides is 3. The summed E-state index contributed by atoms with van der Waals surface area (Å²) in [5, 5.41) is 3.37. The van der Waals surface area contributed by atoms with Crippen LogP contribution in [0.15, 0.2) is 53.0 Å². The van der Waals surface area contributed by atoms with Gasteiger partial charge in [0.2, 0.25) is 11.8 Å². The Bertz CT molecular complexity index is 1210. The molecule has 6 atom stereocenters. The maximum Gasteiger partial charge on any atom is 0.255 e. The third-order valence-electron chi connectivity index (χ3n) is 7.54. The minimum absolute atomic E-state index is 0.127. The fraction of sp³-hybridized carbons (Fsp3) is 0.320. The Hall–Kier alpha value is -2.44. The predicted molar refractivity (Wildman–Crippen MR) is 125 cm³/mol. The van der Waals surface area contributed by atoms with E-state index in [-0.39, 0.29) is 41.4 Å². The van der Waals surface area contributed by atoms with Gasteiger partial charge in [0.1, 0.15) is 0 Å². The van der Waals surface area contributed by atoms with Crippen molar-refractivity contribution in [1.29, 1.82) is 0 Å². The summed E-state index contributed by atoms with van der Waals surface area (Å²) in [6, 6.07) is 10.3. The predicted octanol–water partition coefficient (Wildman–Crippen LogP) is 5.22. The fourth-order valence-corrected chi connectivity index (χ4v) is 6.59. The van der Waals surface area contributed by atoms with E-state index in [2.05, 4.69) is 33.4 Å². The van der Waals surface area contributed by atoms with Crippen molar-refractivity contribution >= 4 is 56.6 Å². The number of aryl methyl sites for hydroxylation is 1. The largest absolute Gasteiger partial charge is 0.322 e. The summed E-state index contributed by atoms with van der Waals surface area (Å²) in [5.41, 5.74) is 2.30. The average molecular weight is 512 g/mol. The van der Waals surface area contributed by atoms with Gasteiger partial charge in [0.15, 0.2) is 0 Å². The van der Waals surface area contributed by atoms with Crippen LogP contribution >= 0.6 is 27.5 Å². The number of allylic oxidation sites excluding steroid dienone is 2. The van der Waals surface area contributed by atoms with Crippen molar-refractivity contribution in [2.75, 3.05) is 10.2 Å². The Morgan fingerprint density at radius 2 is 1.72 bits per heavy atom. The molecule has 2 aromatic carbocycles. The molecule has 2 bridgehead atoms. The molecule has 7 rings (SSSR count). The molecular formula is C25H20BrClN2O3. The molecular weight excluding hydrogens is 492 g/mol. The lowest BCUT2D eigenvalue weighted by molar-refractivity contribution is -0.124. The van der Waals surface area contributed by atoms with E-state index >= 15 is 0 Å². The molecule has 0 aromatic heterocycles. The molecule has 7 heteroatoms. The fourth-order valence-electron chi connectivity index (χ4n) is 5.97. The highest BCUT2D eigenvalue weighted by atomic mass is 79.9. The summed E-state index contributed by atoms with van der Waals surface area (Å²) in [5.74, 6) is 0.365. The second-order valence-electron chi connectivity index (χ2n) is 9.25. The maximum atomic E-state index is 13.3. The van der Waals surface area contributed by atoms with Gasteiger partial charge in [-0.05, 0) is 88.8 Å². The molecule has 4 aliphatic carbocycles. The van der Waals surface area contributed by atoms with E-state index in [0.717, 1.165) is 16.5 Å². The first-order valence-corrected chi connectivity index (χ1v) is 12.0. The summed E-state index contributed by atoms with van der Waals surface area (Å²) >= 11 is 9.55. The van der Waals surface area contributed by atoms with Gasteiger partial charge in [-0.25, -0.2) is 4.90 Å². The zero-order chi connectivity index (χ0) is 22.3. The topological polar surface area (TPSA) is 66.5 Å². The molecule has 32 heavy (non-hydrogen) atoms. The average Bonchev–Trinajstić information content (AvgIpc) is 3.55. The van der Waals surface area contributed by atoms with Crippen molar-refractivity contribution in [2.45, 2.75) is 13.3 Å². The Labute approximate surface area is 198 Å². The normalized spacial score (nSPS) is 31.5. The van der Waals surface area contributed by atoms with E-state index in [1.807, 2.05) is 13.0 Å². The number of carbonyl (C=O) groups is 3. The van der Waals surface area contributed by atoms with Crippen molar-refractivity contribution < 1.29 is 14.4 Å². The number of rotatable bonds is 3. The monoisotopic (exact) mass is 510 g/mol. The van der Waals surface area contributed by atoms with E-state index in [1.54, 1.807) is 30.3 Å².